The van der Waals surface area contributed by atoms with Crippen molar-refractivity contribution in [3.63, 3.8) is 0 Å². The molecule has 1 N–H and O–H groups in total. The van der Waals surface area contributed by atoms with Crippen LogP contribution in [0, 0.1) is 0 Å². The van der Waals surface area contributed by atoms with E-state index in [9.17, 15) is 4.79 Å². The van der Waals surface area contributed by atoms with Crippen molar-refractivity contribution >= 4 is 5.97 Å². The smallest absolute Gasteiger partial charge is 0.305 e. The van der Waals surface area contributed by atoms with E-state index in [-0.39, 0.29) is 12.8 Å². The first-order valence-corrected chi connectivity index (χ1v) is 8.92. The molecule has 1 aromatic heterocycles. The zero-order chi connectivity index (χ0) is 18.1. The van der Waals surface area contributed by atoms with Gasteiger partial charge in [0.15, 0.2) is 11.5 Å². The van der Waals surface area contributed by atoms with Crippen molar-refractivity contribution in [2.24, 2.45) is 0 Å². The van der Waals surface area contributed by atoms with Crippen LogP contribution in [-0.2, 0) is 22.5 Å². The normalized spacial score (nSPS) is 17.0. The number of aromatic nitrogens is 2. The summed E-state index contributed by atoms with van der Waals surface area (Å²) in [7, 11) is 1.43. The van der Waals surface area contributed by atoms with E-state index in [1.54, 1.807) is 0 Å². The van der Waals surface area contributed by atoms with Crippen LogP contribution >= 0.6 is 0 Å². The number of methoxy groups -OCH3 is 1. The number of rotatable bonds is 5. The molecule has 2 aliphatic heterocycles. The maximum atomic E-state index is 11.4. The van der Waals surface area contributed by atoms with Gasteiger partial charge in [0.1, 0.15) is 0 Å². The summed E-state index contributed by atoms with van der Waals surface area (Å²) in [5, 5.41) is 7.74. The molecule has 1 unspecified atom stereocenters. The lowest BCUT2D eigenvalue weighted by molar-refractivity contribution is -0.141. The summed E-state index contributed by atoms with van der Waals surface area (Å²) in [5.41, 5.74) is 4.40. The van der Waals surface area contributed by atoms with E-state index >= 15 is 0 Å². The minimum atomic E-state index is -0.154. The van der Waals surface area contributed by atoms with Crippen molar-refractivity contribution in [1.82, 2.24) is 15.1 Å². The molecule has 0 saturated heterocycles. The average molecular weight is 357 g/mol. The highest BCUT2D eigenvalue weighted by atomic mass is 16.7. The summed E-state index contributed by atoms with van der Waals surface area (Å²) in [6.45, 7) is 4.20. The highest BCUT2D eigenvalue weighted by molar-refractivity contribution is 5.69. The molecule has 0 amide bonds. The molecule has 0 fully saturated rings. The summed E-state index contributed by atoms with van der Waals surface area (Å²) in [5.74, 6) is 1.38. The van der Waals surface area contributed by atoms with Crippen LogP contribution in [0.2, 0.25) is 0 Å². The summed E-state index contributed by atoms with van der Waals surface area (Å²) < 4.78 is 15.6. The molecule has 1 aromatic carbocycles. The topological polar surface area (TPSA) is 76.7 Å². The lowest BCUT2D eigenvalue weighted by Crippen LogP contribution is -2.37. The fourth-order valence-corrected chi connectivity index (χ4v) is 3.59. The molecule has 0 bridgehead atoms. The number of aromatic amines is 1. The van der Waals surface area contributed by atoms with Gasteiger partial charge in [0, 0.05) is 48.8 Å². The Balaban J connectivity index is 1.52. The summed E-state index contributed by atoms with van der Waals surface area (Å²) >= 11 is 0. The van der Waals surface area contributed by atoms with Crippen LogP contribution in [0.5, 0.6) is 11.5 Å². The van der Waals surface area contributed by atoms with Gasteiger partial charge >= 0.3 is 5.97 Å². The largest absolute Gasteiger partial charge is 0.469 e. The molecule has 0 radical (unpaired) electrons. The van der Waals surface area contributed by atoms with E-state index in [0.29, 0.717) is 12.5 Å². The number of carbonyl (C=O) groups excluding carboxylic acids is 1. The van der Waals surface area contributed by atoms with Gasteiger partial charge in [0.2, 0.25) is 6.79 Å². The average Bonchev–Trinajstić information content (AvgIpc) is 3.30. The number of nitrogens with one attached hydrogen (secondary N) is 1. The Kier molecular flexibility index (Phi) is 4.55. The van der Waals surface area contributed by atoms with Crippen LogP contribution in [-0.4, -0.2) is 47.6 Å². The maximum absolute atomic E-state index is 11.4. The van der Waals surface area contributed by atoms with Gasteiger partial charge in [-0.05, 0) is 31.5 Å². The van der Waals surface area contributed by atoms with Gasteiger partial charge in [-0.2, -0.15) is 5.10 Å². The molecule has 0 aliphatic carbocycles. The molecule has 26 heavy (non-hydrogen) atoms. The molecule has 4 rings (SSSR count). The Morgan fingerprint density at radius 1 is 1.38 bits per heavy atom. The molecule has 7 nitrogen and oxygen atoms in total. The van der Waals surface area contributed by atoms with Crippen LogP contribution in [0.25, 0.3) is 11.3 Å². The first kappa shape index (κ1) is 16.9. The predicted octanol–water partition coefficient (Wildman–Crippen LogP) is 2.51. The van der Waals surface area contributed by atoms with E-state index in [1.165, 1.54) is 18.4 Å². The van der Waals surface area contributed by atoms with Crippen molar-refractivity contribution in [3.8, 4) is 22.8 Å². The summed E-state index contributed by atoms with van der Waals surface area (Å²) in [4.78, 5) is 13.8. The Bertz CT molecular complexity index is 817. The molecular weight excluding hydrogens is 334 g/mol. The van der Waals surface area contributed by atoms with Gasteiger partial charge in [-0.15, -0.1) is 0 Å². The quantitative estimate of drug-likeness (QED) is 0.829. The van der Waals surface area contributed by atoms with E-state index in [2.05, 4.69) is 22.0 Å². The number of nitrogens with zero attached hydrogens (tertiary/aromatic N) is 2. The van der Waals surface area contributed by atoms with Crippen LogP contribution in [0.1, 0.15) is 31.0 Å². The van der Waals surface area contributed by atoms with Crippen LogP contribution < -0.4 is 9.47 Å². The first-order chi connectivity index (χ1) is 12.7. The second-order valence-corrected chi connectivity index (χ2v) is 6.78. The van der Waals surface area contributed by atoms with Gasteiger partial charge in [-0.1, -0.05) is 0 Å². The fraction of sp³-hybridized carbons (Fsp3) is 0.474. The number of esters is 1. The van der Waals surface area contributed by atoms with E-state index < -0.39 is 0 Å². The SMILES string of the molecule is COC(=O)CCC(C)N1CCc2[nH]nc(-c3ccc4c(c3)OCO4)c2C1. The molecule has 2 aromatic rings. The minimum Gasteiger partial charge on any atom is -0.469 e. The monoisotopic (exact) mass is 357 g/mol. The Morgan fingerprint density at radius 2 is 2.23 bits per heavy atom. The Labute approximate surface area is 152 Å². The Hall–Kier alpha value is -2.54. The maximum Gasteiger partial charge on any atom is 0.305 e. The molecule has 3 heterocycles. The van der Waals surface area contributed by atoms with E-state index in [1.807, 2.05) is 18.2 Å². The van der Waals surface area contributed by atoms with Crippen LogP contribution in [0.15, 0.2) is 18.2 Å². The number of H-pyrrole nitrogens is 1. The van der Waals surface area contributed by atoms with Gasteiger partial charge in [-0.3, -0.25) is 14.8 Å². The number of fused-ring (bicyclic) bond motifs is 2. The molecule has 1 atom stereocenters. The second kappa shape index (κ2) is 6.99. The number of carbonyl (C=O) groups is 1. The third-order valence-corrected chi connectivity index (χ3v) is 5.23. The standard InChI is InChI=1S/C19H23N3O4/c1-12(3-6-18(23)24-2)22-8-7-15-14(10-22)19(21-20-15)13-4-5-16-17(9-13)26-11-25-16/h4-5,9,12H,3,6-8,10-11H2,1-2H3,(H,20,21). The van der Waals surface area contributed by atoms with Crippen molar-refractivity contribution in [3.05, 3.63) is 29.5 Å². The third-order valence-electron chi connectivity index (χ3n) is 5.23. The van der Waals surface area contributed by atoms with Crippen molar-refractivity contribution in [2.75, 3.05) is 20.4 Å². The summed E-state index contributed by atoms with van der Waals surface area (Å²) in [6.07, 6.45) is 2.16. The van der Waals surface area contributed by atoms with Crippen molar-refractivity contribution in [1.29, 1.82) is 0 Å². The molecule has 0 saturated carbocycles. The number of hydrogen-bond donors (Lipinski definition) is 1. The van der Waals surface area contributed by atoms with E-state index in [0.717, 1.165) is 48.7 Å². The molecular formula is C19H23N3O4. The van der Waals surface area contributed by atoms with Crippen LogP contribution in [0.4, 0.5) is 0 Å². The lowest BCUT2D eigenvalue weighted by Gasteiger charge is -2.32. The van der Waals surface area contributed by atoms with Crippen LogP contribution in [0.3, 0.4) is 0 Å². The number of ether oxygens (including phenoxy) is 3. The fourth-order valence-electron chi connectivity index (χ4n) is 3.59. The molecule has 138 valence electrons. The second-order valence-electron chi connectivity index (χ2n) is 6.78. The molecule has 7 heteroatoms. The predicted molar refractivity (Wildman–Crippen MR) is 95.0 cm³/mol. The van der Waals surface area contributed by atoms with Gasteiger partial charge in [-0.25, -0.2) is 0 Å². The highest BCUT2D eigenvalue weighted by Gasteiger charge is 2.26. The third kappa shape index (κ3) is 3.14. The van der Waals surface area contributed by atoms with E-state index in [4.69, 9.17) is 14.2 Å². The van der Waals surface area contributed by atoms with Crippen molar-refractivity contribution in [2.45, 2.75) is 38.8 Å². The minimum absolute atomic E-state index is 0.154. The highest BCUT2D eigenvalue weighted by Crippen LogP contribution is 2.37. The van der Waals surface area contributed by atoms with Gasteiger partial charge in [0.05, 0.1) is 12.8 Å². The first-order valence-electron chi connectivity index (χ1n) is 8.92. The zero-order valence-corrected chi connectivity index (χ0v) is 15.1. The number of benzene rings is 1. The van der Waals surface area contributed by atoms with Crippen molar-refractivity contribution < 1.29 is 19.0 Å². The molecule has 2 aliphatic rings. The lowest BCUT2D eigenvalue weighted by atomic mass is 9.99. The zero-order valence-electron chi connectivity index (χ0n) is 15.1. The van der Waals surface area contributed by atoms with Gasteiger partial charge < -0.3 is 14.2 Å². The molecule has 0 spiro atoms. The number of hydrogen-bond acceptors (Lipinski definition) is 6. The van der Waals surface area contributed by atoms with Gasteiger partial charge in [0.25, 0.3) is 0 Å². The summed E-state index contributed by atoms with van der Waals surface area (Å²) in [6, 6.07) is 6.24. The Morgan fingerprint density at radius 3 is 3.08 bits per heavy atom.